The molecule has 1 heterocycles. The van der Waals surface area contributed by atoms with E-state index in [9.17, 15) is 0 Å². The quantitative estimate of drug-likeness (QED) is 0.698. The molecule has 1 aliphatic rings. The molecule has 0 radical (unpaired) electrons. The van der Waals surface area contributed by atoms with Gasteiger partial charge in [0.1, 0.15) is 8.24 Å². The van der Waals surface area contributed by atoms with Crippen LogP contribution in [0.3, 0.4) is 0 Å². The Bertz CT molecular complexity index is 212. The maximum absolute atomic E-state index is 3.58. The first-order chi connectivity index (χ1) is 8.55. The minimum atomic E-state index is -1.40. The highest BCUT2D eigenvalue weighted by Gasteiger charge is 2.51. The van der Waals surface area contributed by atoms with Crippen LogP contribution in [0.2, 0.25) is 16.6 Å². The molecular weight excluding hydrogens is 236 g/mol. The fourth-order valence-electron chi connectivity index (χ4n) is 4.21. The van der Waals surface area contributed by atoms with Gasteiger partial charge < -0.3 is 9.88 Å². The van der Waals surface area contributed by atoms with E-state index >= 15 is 0 Å². The second kappa shape index (κ2) is 7.06. The molecule has 0 saturated carbocycles. The molecule has 108 valence electrons. The summed E-state index contributed by atoms with van der Waals surface area (Å²) in [6.07, 6.45) is 4.03. The van der Waals surface area contributed by atoms with Crippen molar-refractivity contribution in [1.29, 1.82) is 0 Å². The molecule has 1 N–H and O–H groups in total. The molecule has 0 amide bonds. The molecule has 1 saturated heterocycles. The van der Waals surface area contributed by atoms with Gasteiger partial charge in [0.05, 0.1) is 0 Å². The summed E-state index contributed by atoms with van der Waals surface area (Å²) < 4.78 is 2.89. The largest absolute Gasteiger partial charge is 0.309 e. The van der Waals surface area contributed by atoms with E-state index in [1.54, 1.807) is 0 Å². The molecule has 3 atom stereocenters. The molecule has 0 spiro atoms. The molecule has 0 aromatic carbocycles. The maximum atomic E-state index is 3.58. The minimum absolute atomic E-state index is 0.905. The summed E-state index contributed by atoms with van der Waals surface area (Å²) in [5, 5.41) is 3.58. The molecule has 2 nitrogen and oxygen atoms in total. The first-order valence-electron chi connectivity index (χ1n) is 8.01. The zero-order valence-electron chi connectivity index (χ0n) is 13.4. The Morgan fingerprint density at radius 2 is 1.39 bits per heavy atom. The van der Waals surface area contributed by atoms with Crippen molar-refractivity contribution in [3.05, 3.63) is 0 Å². The number of rotatable bonds is 7. The maximum Gasteiger partial charge on any atom is 0.138 e. The van der Waals surface area contributed by atoms with Crippen LogP contribution in [0.1, 0.15) is 60.8 Å². The zero-order chi connectivity index (χ0) is 13.8. The van der Waals surface area contributed by atoms with Crippen molar-refractivity contribution in [1.82, 2.24) is 9.88 Å². The first kappa shape index (κ1) is 16.2. The van der Waals surface area contributed by atoms with Gasteiger partial charge in [0.25, 0.3) is 0 Å². The van der Waals surface area contributed by atoms with Crippen LogP contribution in [0.4, 0.5) is 0 Å². The smallest absolute Gasteiger partial charge is 0.138 e. The lowest BCUT2D eigenvalue weighted by Gasteiger charge is -2.51. The van der Waals surface area contributed by atoms with Gasteiger partial charge in [-0.05, 0) is 16.6 Å². The Balaban J connectivity index is 3.14. The van der Waals surface area contributed by atoms with E-state index in [-0.39, 0.29) is 0 Å². The third-order valence-corrected chi connectivity index (χ3v) is 13.1. The van der Waals surface area contributed by atoms with Gasteiger partial charge in [-0.25, -0.2) is 0 Å². The molecule has 18 heavy (non-hydrogen) atoms. The van der Waals surface area contributed by atoms with Gasteiger partial charge in [0.2, 0.25) is 0 Å². The van der Waals surface area contributed by atoms with Gasteiger partial charge >= 0.3 is 0 Å². The standard InChI is InChI=1S/C15H34N2Si/c1-7-13(4)18(14(5)8-2,15(6)9-3)17-11-10-16-12-17/h13-16H,7-12H2,1-6H3. The van der Waals surface area contributed by atoms with E-state index in [1.807, 2.05) is 0 Å². The second-order valence-corrected chi connectivity index (χ2v) is 11.6. The number of hydrogen-bond acceptors (Lipinski definition) is 2. The van der Waals surface area contributed by atoms with E-state index < -0.39 is 8.24 Å². The Labute approximate surface area is 116 Å². The summed E-state index contributed by atoms with van der Waals surface area (Å²) in [4.78, 5) is 0. The fraction of sp³-hybridized carbons (Fsp3) is 1.00. The summed E-state index contributed by atoms with van der Waals surface area (Å²) >= 11 is 0. The summed E-state index contributed by atoms with van der Waals surface area (Å²) in [5.74, 6) is 0. The summed E-state index contributed by atoms with van der Waals surface area (Å²) in [6, 6.07) is 0. The Morgan fingerprint density at radius 3 is 1.67 bits per heavy atom. The third kappa shape index (κ3) is 2.68. The fourth-order valence-corrected chi connectivity index (χ4v) is 11.8. The normalized spacial score (nSPS) is 25.7. The van der Waals surface area contributed by atoms with Crippen LogP contribution in [-0.2, 0) is 0 Å². The SMILES string of the molecule is CCC(C)[Si](C(C)CC)(C(C)CC)N1CCNC1. The van der Waals surface area contributed by atoms with E-state index in [0.29, 0.717) is 0 Å². The predicted octanol–water partition coefficient (Wildman–Crippen LogP) is 4.19. The van der Waals surface area contributed by atoms with Crippen molar-refractivity contribution < 1.29 is 0 Å². The van der Waals surface area contributed by atoms with Crippen LogP contribution in [0, 0.1) is 0 Å². The van der Waals surface area contributed by atoms with Crippen molar-refractivity contribution in [2.75, 3.05) is 19.8 Å². The molecular formula is C15H34N2Si. The molecule has 0 bridgehead atoms. The topological polar surface area (TPSA) is 15.3 Å². The van der Waals surface area contributed by atoms with Crippen LogP contribution in [0.5, 0.6) is 0 Å². The number of nitrogens with zero attached hydrogens (tertiary/aromatic N) is 1. The predicted molar refractivity (Wildman–Crippen MR) is 84.5 cm³/mol. The van der Waals surface area contributed by atoms with Crippen molar-refractivity contribution >= 4 is 8.24 Å². The van der Waals surface area contributed by atoms with Crippen LogP contribution in [-0.4, -0.2) is 32.6 Å². The van der Waals surface area contributed by atoms with E-state index in [0.717, 1.165) is 23.3 Å². The molecule has 1 fully saturated rings. The van der Waals surface area contributed by atoms with E-state index in [2.05, 4.69) is 51.4 Å². The number of nitrogens with one attached hydrogen (secondary N) is 1. The van der Waals surface area contributed by atoms with Crippen LogP contribution in [0.25, 0.3) is 0 Å². The van der Waals surface area contributed by atoms with Crippen LogP contribution >= 0.6 is 0 Å². The first-order valence-corrected chi connectivity index (χ1v) is 10.2. The highest BCUT2D eigenvalue weighted by atomic mass is 28.3. The van der Waals surface area contributed by atoms with Crippen molar-refractivity contribution in [3.63, 3.8) is 0 Å². The van der Waals surface area contributed by atoms with Gasteiger partial charge in [-0.1, -0.05) is 60.8 Å². The van der Waals surface area contributed by atoms with Gasteiger partial charge in [-0.15, -0.1) is 0 Å². The lowest BCUT2D eigenvalue weighted by atomic mass is 10.3. The minimum Gasteiger partial charge on any atom is -0.309 e. The Morgan fingerprint density at radius 1 is 0.944 bits per heavy atom. The van der Waals surface area contributed by atoms with Gasteiger partial charge in [0.15, 0.2) is 0 Å². The van der Waals surface area contributed by atoms with Crippen molar-refractivity contribution in [2.24, 2.45) is 0 Å². The lowest BCUT2D eigenvalue weighted by Crippen LogP contribution is -2.61. The Hall–Kier alpha value is 0.137. The molecule has 1 rings (SSSR count). The van der Waals surface area contributed by atoms with Crippen molar-refractivity contribution in [3.8, 4) is 0 Å². The average Bonchev–Trinajstić information content (AvgIpc) is 2.92. The average molecular weight is 271 g/mol. The van der Waals surface area contributed by atoms with Gasteiger partial charge in [-0.2, -0.15) is 0 Å². The van der Waals surface area contributed by atoms with Crippen molar-refractivity contribution in [2.45, 2.75) is 77.4 Å². The van der Waals surface area contributed by atoms with Crippen LogP contribution in [0.15, 0.2) is 0 Å². The Kier molecular flexibility index (Phi) is 6.35. The van der Waals surface area contributed by atoms with Gasteiger partial charge in [0, 0.05) is 19.8 Å². The third-order valence-electron chi connectivity index (χ3n) is 5.61. The highest BCUT2D eigenvalue weighted by molar-refractivity contribution is 6.81. The summed E-state index contributed by atoms with van der Waals surface area (Å²) in [6.45, 7) is 18.4. The molecule has 0 aliphatic carbocycles. The zero-order valence-corrected chi connectivity index (χ0v) is 14.4. The molecule has 3 unspecified atom stereocenters. The molecule has 0 aromatic rings. The summed E-state index contributed by atoms with van der Waals surface area (Å²) in [7, 11) is -1.40. The summed E-state index contributed by atoms with van der Waals surface area (Å²) in [5.41, 5.74) is 2.71. The molecule has 3 heteroatoms. The monoisotopic (exact) mass is 270 g/mol. The van der Waals surface area contributed by atoms with E-state index in [4.69, 9.17) is 0 Å². The highest BCUT2D eigenvalue weighted by Crippen LogP contribution is 2.48. The van der Waals surface area contributed by atoms with Gasteiger partial charge in [-0.3, -0.25) is 0 Å². The van der Waals surface area contributed by atoms with Crippen LogP contribution < -0.4 is 5.32 Å². The molecule has 0 aromatic heterocycles. The lowest BCUT2D eigenvalue weighted by molar-refractivity contribution is 0.444. The van der Waals surface area contributed by atoms with E-state index in [1.165, 1.54) is 32.4 Å². The number of hydrogen-bond donors (Lipinski definition) is 1. The second-order valence-electron chi connectivity index (χ2n) is 6.24. The molecule has 1 aliphatic heterocycles.